The first-order valence-corrected chi connectivity index (χ1v) is 15.4. The summed E-state index contributed by atoms with van der Waals surface area (Å²) in [6, 6.07) is 59.6. The van der Waals surface area contributed by atoms with Crippen molar-refractivity contribution in [3.05, 3.63) is 175 Å². The highest BCUT2D eigenvalue weighted by molar-refractivity contribution is 5.89. The largest absolute Gasteiger partial charge is 0.310 e. The van der Waals surface area contributed by atoms with Crippen molar-refractivity contribution in [2.75, 3.05) is 4.90 Å². The summed E-state index contributed by atoms with van der Waals surface area (Å²) >= 11 is 0. The van der Waals surface area contributed by atoms with Gasteiger partial charge in [-0.15, -0.1) is 0 Å². The van der Waals surface area contributed by atoms with Crippen LogP contribution in [0.3, 0.4) is 0 Å². The lowest BCUT2D eigenvalue weighted by molar-refractivity contribution is 0.660. The Balaban J connectivity index is 1.17. The average Bonchev–Trinajstić information content (AvgIpc) is 3.31. The van der Waals surface area contributed by atoms with E-state index in [1.54, 1.807) is 0 Å². The molecular weight excluding hydrogens is 530 g/mol. The quantitative estimate of drug-likeness (QED) is 0.201. The van der Waals surface area contributed by atoms with Crippen LogP contribution in [0.25, 0.3) is 44.2 Å². The van der Waals surface area contributed by atoms with Gasteiger partial charge in [0.15, 0.2) is 0 Å². The fourth-order valence-corrected chi connectivity index (χ4v) is 6.91. The van der Waals surface area contributed by atoms with Gasteiger partial charge in [0, 0.05) is 22.5 Å². The third kappa shape index (κ3) is 4.41. The first kappa shape index (κ1) is 26.2. The van der Waals surface area contributed by atoms with Crippen LogP contribution >= 0.6 is 0 Å². The number of hydrogen-bond donors (Lipinski definition) is 0. The van der Waals surface area contributed by atoms with Gasteiger partial charge < -0.3 is 4.90 Å². The van der Waals surface area contributed by atoms with Crippen LogP contribution in [0.5, 0.6) is 0 Å². The first-order chi connectivity index (χ1) is 21.6. The molecule has 0 amide bonds. The minimum absolute atomic E-state index is 0.0514. The zero-order valence-electron chi connectivity index (χ0n) is 25.0. The second kappa shape index (κ2) is 10.4. The summed E-state index contributed by atoms with van der Waals surface area (Å²) in [5.41, 5.74) is 13.7. The standard InChI is InChI=1S/C43H33N/c1-43(2)41-18-9-8-17-39(41)40-26-25-38(29-42(40)43)44(36-15-4-3-5-16-36)37-23-21-31(22-24-37)33-13-10-14-34(27-33)35-20-19-30-11-6-7-12-32(30)28-35/h3-29H,1-2H3. The van der Waals surface area contributed by atoms with Crippen LogP contribution in [-0.2, 0) is 5.41 Å². The first-order valence-electron chi connectivity index (χ1n) is 15.4. The Hall–Kier alpha value is -5.40. The van der Waals surface area contributed by atoms with Crippen LogP contribution in [0.15, 0.2) is 164 Å². The molecule has 210 valence electrons. The van der Waals surface area contributed by atoms with E-state index in [1.807, 2.05) is 0 Å². The van der Waals surface area contributed by atoms with Crippen molar-refractivity contribution >= 4 is 27.8 Å². The number of hydrogen-bond acceptors (Lipinski definition) is 1. The predicted octanol–water partition coefficient (Wildman–Crippen LogP) is 11.9. The minimum atomic E-state index is -0.0514. The fourth-order valence-electron chi connectivity index (χ4n) is 6.91. The van der Waals surface area contributed by atoms with Crippen LogP contribution < -0.4 is 4.90 Å². The number of rotatable bonds is 5. The molecule has 0 heterocycles. The molecule has 0 radical (unpaired) electrons. The topological polar surface area (TPSA) is 3.24 Å². The summed E-state index contributed by atoms with van der Waals surface area (Å²) < 4.78 is 0. The minimum Gasteiger partial charge on any atom is -0.310 e. The van der Waals surface area contributed by atoms with E-state index in [9.17, 15) is 0 Å². The van der Waals surface area contributed by atoms with Crippen molar-refractivity contribution in [1.29, 1.82) is 0 Å². The normalized spacial score (nSPS) is 13.0. The zero-order chi connectivity index (χ0) is 29.7. The number of anilines is 3. The van der Waals surface area contributed by atoms with E-state index in [-0.39, 0.29) is 5.41 Å². The maximum Gasteiger partial charge on any atom is 0.0465 e. The van der Waals surface area contributed by atoms with E-state index in [0.717, 1.165) is 11.4 Å². The van der Waals surface area contributed by atoms with Gasteiger partial charge in [-0.1, -0.05) is 129 Å². The van der Waals surface area contributed by atoms with Crippen LogP contribution in [0.1, 0.15) is 25.0 Å². The molecule has 0 bridgehead atoms. The molecule has 0 N–H and O–H groups in total. The van der Waals surface area contributed by atoms with Gasteiger partial charge in [0.25, 0.3) is 0 Å². The SMILES string of the molecule is CC1(C)c2ccccc2-c2ccc(N(c3ccccc3)c3ccc(-c4cccc(-c5ccc6ccccc6c5)c4)cc3)cc21. The highest BCUT2D eigenvalue weighted by atomic mass is 15.1. The van der Waals surface area contributed by atoms with E-state index < -0.39 is 0 Å². The molecule has 1 aliphatic rings. The van der Waals surface area contributed by atoms with Gasteiger partial charge >= 0.3 is 0 Å². The van der Waals surface area contributed by atoms with E-state index in [2.05, 4.69) is 183 Å². The highest BCUT2D eigenvalue weighted by Crippen LogP contribution is 2.50. The summed E-state index contributed by atoms with van der Waals surface area (Å²) in [7, 11) is 0. The monoisotopic (exact) mass is 563 g/mol. The molecule has 0 saturated carbocycles. The smallest absolute Gasteiger partial charge is 0.0465 e. The fraction of sp³-hybridized carbons (Fsp3) is 0.0698. The van der Waals surface area contributed by atoms with Gasteiger partial charge in [-0.05, 0) is 104 Å². The number of benzene rings is 7. The van der Waals surface area contributed by atoms with Crippen molar-refractivity contribution < 1.29 is 0 Å². The Morgan fingerprint density at radius 2 is 0.955 bits per heavy atom. The Morgan fingerprint density at radius 3 is 1.77 bits per heavy atom. The maximum absolute atomic E-state index is 2.39. The lowest BCUT2D eigenvalue weighted by Gasteiger charge is -2.28. The van der Waals surface area contributed by atoms with E-state index in [1.165, 1.54) is 61.0 Å². The van der Waals surface area contributed by atoms with E-state index >= 15 is 0 Å². The Kier molecular flexibility index (Phi) is 6.20. The van der Waals surface area contributed by atoms with Gasteiger partial charge in [0.1, 0.15) is 0 Å². The van der Waals surface area contributed by atoms with Crippen LogP contribution in [0.4, 0.5) is 17.1 Å². The van der Waals surface area contributed by atoms with Crippen molar-refractivity contribution in [2.45, 2.75) is 19.3 Å². The van der Waals surface area contributed by atoms with Crippen molar-refractivity contribution in [3.8, 4) is 33.4 Å². The molecule has 0 spiro atoms. The molecule has 0 atom stereocenters. The van der Waals surface area contributed by atoms with Gasteiger partial charge in [-0.3, -0.25) is 0 Å². The van der Waals surface area contributed by atoms with Gasteiger partial charge in [0.05, 0.1) is 0 Å². The Bertz CT molecular complexity index is 2140. The van der Waals surface area contributed by atoms with E-state index in [4.69, 9.17) is 0 Å². The lowest BCUT2D eigenvalue weighted by Crippen LogP contribution is -2.16. The molecule has 1 aliphatic carbocycles. The summed E-state index contributed by atoms with van der Waals surface area (Å²) in [6.45, 7) is 4.68. The summed E-state index contributed by atoms with van der Waals surface area (Å²) in [5.74, 6) is 0. The number of para-hydroxylation sites is 1. The van der Waals surface area contributed by atoms with E-state index in [0.29, 0.717) is 0 Å². The van der Waals surface area contributed by atoms with Crippen molar-refractivity contribution in [1.82, 2.24) is 0 Å². The van der Waals surface area contributed by atoms with Crippen LogP contribution in [0.2, 0.25) is 0 Å². The van der Waals surface area contributed by atoms with Gasteiger partial charge in [-0.2, -0.15) is 0 Å². The number of fused-ring (bicyclic) bond motifs is 4. The Morgan fingerprint density at radius 1 is 0.364 bits per heavy atom. The van der Waals surface area contributed by atoms with Crippen LogP contribution in [-0.4, -0.2) is 0 Å². The molecule has 0 fully saturated rings. The maximum atomic E-state index is 2.39. The summed E-state index contributed by atoms with van der Waals surface area (Å²) in [5, 5.41) is 2.53. The zero-order valence-corrected chi connectivity index (χ0v) is 25.0. The molecule has 44 heavy (non-hydrogen) atoms. The third-order valence-corrected chi connectivity index (χ3v) is 9.24. The molecule has 1 nitrogen and oxygen atoms in total. The average molecular weight is 564 g/mol. The second-order valence-corrected chi connectivity index (χ2v) is 12.3. The molecular formula is C43H33N. The third-order valence-electron chi connectivity index (χ3n) is 9.24. The van der Waals surface area contributed by atoms with Gasteiger partial charge in [0.2, 0.25) is 0 Å². The highest BCUT2D eigenvalue weighted by Gasteiger charge is 2.35. The molecule has 0 saturated heterocycles. The molecule has 8 rings (SSSR count). The molecule has 7 aromatic carbocycles. The summed E-state index contributed by atoms with van der Waals surface area (Å²) in [4.78, 5) is 2.37. The Labute approximate surface area is 259 Å². The van der Waals surface area contributed by atoms with Crippen molar-refractivity contribution in [2.24, 2.45) is 0 Å². The second-order valence-electron chi connectivity index (χ2n) is 12.3. The molecule has 1 heteroatoms. The van der Waals surface area contributed by atoms with Gasteiger partial charge in [-0.25, -0.2) is 0 Å². The number of nitrogens with zero attached hydrogens (tertiary/aromatic N) is 1. The predicted molar refractivity (Wildman–Crippen MR) is 187 cm³/mol. The lowest BCUT2D eigenvalue weighted by atomic mass is 9.82. The molecule has 7 aromatic rings. The molecule has 0 unspecified atom stereocenters. The molecule has 0 aromatic heterocycles. The summed E-state index contributed by atoms with van der Waals surface area (Å²) in [6.07, 6.45) is 0. The van der Waals surface area contributed by atoms with Crippen molar-refractivity contribution in [3.63, 3.8) is 0 Å². The van der Waals surface area contributed by atoms with Crippen LogP contribution in [0, 0.1) is 0 Å². The molecule has 0 aliphatic heterocycles.